The number of H-pyrrole nitrogens is 1. The Morgan fingerprint density at radius 1 is 1.17 bits per heavy atom. The first-order valence-corrected chi connectivity index (χ1v) is 10.9. The lowest BCUT2D eigenvalue weighted by molar-refractivity contribution is -0.133. The number of carbonyl (C=O) groups excluding carboxylic acids is 1. The van der Waals surface area contributed by atoms with Crippen molar-refractivity contribution in [3.05, 3.63) is 57.3 Å². The molecule has 0 atom stereocenters. The Balaban J connectivity index is 1.37. The summed E-state index contributed by atoms with van der Waals surface area (Å²) in [5, 5.41) is 13.7. The highest BCUT2D eigenvalue weighted by molar-refractivity contribution is 5.83. The molecule has 1 N–H and O–H groups in total. The lowest BCUT2D eigenvalue weighted by atomic mass is 9.84. The largest absolute Gasteiger partial charge is 0.336 e. The van der Waals surface area contributed by atoms with Gasteiger partial charge in [-0.25, -0.2) is 4.68 Å². The summed E-state index contributed by atoms with van der Waals surface area (Å²) < 4.78 is 1.31. The molecule has 1 aliphatic heterocycles. The van der Waals surface area contributed by atoms with Gasteiger partial charge in [-0.2, -0.15) is 10.2 Å². The van der Waals surface area contributed by atoms with Crippen LogP contribution in [0.3, 0.4) is 0 Å². The summed E-state index contributed by atoms with van der Waals surface area (Å²) in [6.07, 6.45) is 6.96. The molecule has 1 aliphatic carbocycles. The monoisotopic (exact) mass is 405 g/mol. The van der Waals surface area contributed by atoms with E-state index < -0.39 is 0 Å². The summed E-state index contributed by atoms with van der Waals surface area (Å²) in [5.41, 5.74) is 4.05. The van der Waals surface area contributed by atoms with Crippen LogP contribution in [0, 0.1) is 6.92 Å². The molecule has 0 saturated heterocycles. The van der Waals surface area contributed by atoms with Crippen LogP contribution < -0.4 is 5.56 Å². The molecular weight excluding hydrogens is 378 g/mol. The second-order valence-corrected chi connectivity index (χ2v) is 8.56. The highest BCUT2D eigenvalue weighted by Crippen LogP contribution is 2.35. The number of nitrogens with one attached hydrogen (secondary N) is 1. The van der Waals surface area contributed by atoms with E-state index in [-0.39, 0.29) is 18.0 Å². The van der Waals surface area contributed by atoms with Crippen molar-refractivity contribution in [2.75, 3.05) is 6.54 Å². The normalized spacial score (nSPS) is 17.3. The topological polar surface area (TPSA) is 83.9 Å². The Bertz CT molecular complexity index is 1160. The van der Waals surface area contributed by atoms with E-state index in [1.165, 1.54) is 42.3 Å². The van der Waals surface area contributed by atoms with Crippen molar-refractivity contribution in [2.24, 2.45) is 0 Å². The molecule has 2 aliphatic rings. The number of rotatable bonds is 3. The van der Waals surface area contributed by atoms with Gasteiger partial charge >= 0.3 is 0 Å². The predicted molar refractivity (Wildman–Crippen MR) is 114 cm³/mol. The van der Waals surface area contributed by atoms with Crippen LogP contribution in [0.4, 0.5) is 0 Å². The SMILES string of the molecule is Cc1nn(CC(=O)N2CCc3[nH]nc(C4CCCCC4)c3C2)c(=O)c2ccccc12. The molecule has 0 spiro atoms. The highest BCUT2D eigenvalue weighted by Gasteiger charge is 2.29. The molecule has 3 aromatic rings. The van der Waals surface area contributed by atoms with Crippen molar-refractivity contribution in [3.8, 4) is 0 Å². The molecule has 156 valence electrons. The molecule has 1 saturated carbocycles. The van der Waals surface area contributed by atoms with Gasteiger partial charge in [0.05, 0.1) is 16.8 Å². The van der Waals surface area contributed by atoms with E-state index in [9.17, 15) is 9.59 Å². The minimum atomic E-state index is -0.214. The van der Waals surface area contributed by atoms with Gasteiger partial charge in [-0.05, 0) is 25.8 Å². The lowest BCUT2D eigenvalue weighted by Gasteiger charge is -2.29. The Morgan fingerprint density at radius 2 is 1.93 bits per heavy atom. The summed E-state index contributed by atoms with van der Waals surface area (Å²) in [7, 11) is 0. The van der Waals surface area contributed by atoms with E-state index in [1.54, 1.807) is 6.07 Å². The van der Waals surface area contributed by atoms with Gasteiger partial charge in [-0.1, -0.05) is 37.5 Å². The molecule has 1 fully saturated rings. The molecule has 3 heterocycles. The number of fused-ring (bicyclic) bond motifs is 2. The summed E-state index contributed by atoms with van der Waals surface area (Å²) in [6, 6.07) is 7.42. The zero-order valence-corrected chi connectivity index (χ0v) is 17.4. The van der Waals surface area contributed by atoms with E-state index in [1.807, 2.05) is 30.0 Å². The fourth-order valence-electron chi connectivity index (χ4n) is 4.98. The quantitative estimate of drug-likeness (QED) is 0.726. The molecule has 5 rings (SSSR count). The third-order valence-corrected chi connectivity index (χ3v) is 6.65. The summed E-state index contributed by atoms with van der Waals surface area (Å²) in [6.45, 7) is 3.05. The van der Waals surface area contributed by atoms with Gasteiger partial charge < -0.3 is 4.90 Å². The predicted octanol–water partition coefficient (Wildman–Crippen LogP) is 3.06. The van der Waals surface area contributed by atoms with Gasteiger partial charge in [0.15, 0.2) is 0 Å². The zero-order valence-electron chi connectivity index (χ0n) is 17.4. The van der Waals surface area contributed by atoms with Crippen LogP contribution in [0.2, 0.25) is 0 Å². The van der Waals surface area contributed by atoms with Crippen LogP contribution in [0.15, 0.2) is 29.1 Å². The summed E-state index contributed by atoms with van der Waals surface area (Å²) >= 11 is 0. The van der Waals surface area contributed by atoms with Gasteiger partial charge in [0, 0.05) is 42.1 Å². The van der Waals surface area contributed by atoms with E-state index >= 15 is 0 Å². The number of amides is 1. The molecule has 7 heteroatoms. The number of aromatic nitrogens is 4. The molecule has 2 aromatic heterocycles. The molecule has 0 unspecified atom stereocenters. The third-order valence-electron chi connectivity index (χ3n) is 6.65. The Kier molecular flexibility index (Phi) is 4.89. The molecule has 30 heavy (non-hydrogen) atoms. The number of hydrogen-bond acceptors (Lipinski definition) is 4. The summed E-state index contributed by atoms with van der Waals surface area (Å²) in [4.78, 5) is 27.8. The van der Waals surface area contributed by atoms with Crippen LogP contribution in [-0.4, -0.2) is 37.3 Å². The van der Waals surface area contributed by atoms with Gasteiger partial charge in [0.25, 0.3) is 5.56 Å². The fraction of sp³-hybridized carbons (Fsp3) is 0.478. The second kappa shape index (κ2) is 7.70. The first-order valence-electron chi connectivity index (χ1n) is 10.9. The molecule has 1 aromatic carbocycles. The minimum Gasteiger partial charge on any atom is -0.336 e. The number of aromatic amines is 1. The van der Waals surface area contributed by atoms with Crippen molar-refractivity contribution in [1.29, 1.82) is 0 Å². The van der Waals surface area contributed by atoms with E-state index in [0.29, 0.717) is 24.4 Å². The van der Waals surface area contributed by atoms with Gasteiger partial charge in [-0.3, -0.25) is 14.7 Å². The van der Waals surface area contributed by atoms with Crippen LogP contribution in [0.5, 0.6) is 0 Å². The third kappa shape index (κ3) is 3.32. The molecule has 1 amide bonds. The zero-order chi connectivity index (χ0) is 20.7. The molecule has 0 radical (unpaired) electrons. The average molecular weight is 406 g/mol. The first kappa shape index (κ1) is 19.0. The van der Waals surface area contributed by atoms with Gasteiger partial charge in [-0.15, -0.1) is 0 Å². The van der Waals surface area contributed by atoms with Crippen LogP contribution >= 0.6 is 0 Å². The maximum absolute atomic E-state index is 13.1. The fourth-order valence-corrected chi connectivity index (χ4v) is 4.98. The molecule has 7 nitrogen and oxygen atoms in total. The van der Waals surface area contributed by atoms with Crippen LogP contribution in [0.1, 0.15) is 60.7 Å². The van der Waals surface area contributed by atoms with Crippen molar-refractivity contribution in [3.63, 3.8) is 0 Å². The van der Waals surface area contributed by atoms with Crippen LogP contribution in [0.25, 0.3) is 10.8 Å². The van der Waals surface area contributed by atoms with E-state index in [0.717, 1.165) is 28.9 Å². The maximum Gasteiger partial charge on any atom is 0.275 e. The van der Waals surface area contributed by atoms with Crippen LogP contribution in [-0.2, 0) is 24.3 Å². The lowest BCUT2D eigenvalue weighted by Crippen LogP contribution is -2.40. The highest BCUT2D eigenvalue weighted by atomic mass is 16.2. The number of benzene rings is 1. The maximum atomic E-state index is 13.1. The van der Waals surface area contributed by atoms with Gasteiger partial charge in [0.2, 0.25) is 5.91 Å². The molecular formula is C23H27N5O2. The van der Waals surface area contributed by atoms with Crippen molar-refractivity contribution in [2.45, 2.75) is 64.5 Å². The minimum absolute atomic E-state index is 0.0313. The number of carbonyl (C=O) groups is 1. The van der Waals surface area contributed by atoms with E-state index in [2.05, 4.69) is 15.3 Å². The Morgan fingerprint density at radius 3 is 2.73 bits per heavy atom. The Hall–Kier alpha value is -2.96. The second-order valence-electron chi connectivity index (χ2n) is 8.56. The van der Waals surface area contributed by atoms with Crippen molar-refractivity contribution < 1.29 is 4.79 Å². The van der Waals surface area contributed by atoms with Crippen molar-refractivity contribution in [1.82, 2.24) is 24.9 Å². The number of aryl methyl sites for hydroxylation is 1. The number of nitrogens with zero attached hydrogens (tertiary/aromatic N) is 4. The standard InChI is InChI=1S/C23H27N5O2/c1-15-17-9-5-6-10-18(17)23(30)28(26-15)14-21(29)27-12-11-20-19(13-27)22(25-24-20)16-7-3-2-4-8-16/h5-6,9-10,16H,2-4,7-8,11-14H2,1H3,(H,24,25). The van der Waals surface area contributed by atoms with E-state index in [4.69, 9.17) is 0 Å². The van der Waals surface area contributed by atoms with Gasteiger partial charge in [0.1, 0.15) is 6.54 Å². The summed E-state index contributed by atoms with van der Waals surface area (Å²) in [5.74, 6) is 0.432. The number of hydrogen-bond donors (Lipinski definition) is 1. The Labute approximate surface area is 175 Å². The van der Waals surface area contributed by atoms with Crippen molar-refractivity contribution >= 4 is 16.7 Å². The first-order chi connectivity index (χ1) is 14.6. The molecule has 0 bridgehead atoms. The smallest absolute Gasteiger partial charge is 0.275 e. The average Bonchev–Trinajstić information content (AvgIpc) is 3.21.